The maximum Gasteiger partial charge on any atom is 0.321 e. The van der Waals surface area contributed by atoms with Gasteiger partial charge in [-0.3, -0.25) is 19.8 Å². The second kappa shape index (κ2) is 8.46. The number of nitrogens with zero attached hydrogens (tertiary/aromatic N) is 1. The number of urea groups is 1. The summed E-state index contributed by atoms with van der Waals surface area (Å²) in [5, 5.41) is 13.2. The van der Waals surface area contributed by atoms with Crippen LogP contribution in [0, 0.1) is 0 Å². The van der Waals surface area contributed by atoms with Crippen molar-refractivity contribution >= 4 is 17.9 Å². The molecule has 0 aliphatic heterocycles. The molecular formula is C11H21N3O4. The van der Waals surface area contributed by atoms with E-state index in [0.717, 1.165) is 0 Å². The van der Waals surface area contributed by atoms with Crippen molar-refractivity contribution in [1.82, 2.24) is 15.5 Å². The standard InChI is InChI=1S/C11H21N3O4/c1-4-12-11(18)13-10(17)8(2)14(3)7-5-6-9(15)16/h8H,4-7H2,1-3H3,(H,15,16)(H2,12,13,17,18). The molecule has 0 rings (SSSR count). The van der Waals surface area contributed by atoms with Crippen molar-refractivity contribution in [2.24, 2.45) is 0 Å². The molecule has 0 aromatic heterocycles. The molecule has 0 aromatic rings. The summed E-state index contributed by atoms with van der Waals surface area (Å²) in [4.78, 5) is 34.8. The van der Waals surface area contributed by atoms with Crippen LogP contribution >= 0.6 is 0 Å². The first-order chi connectivity index (χ1) is 8.38. The smallest absolute Gasteiger partial charge is 0.321 e. The highest BCUT2D eigenvalue weighted by Crippen LogP contribution is 1.99. The maximum absolute atomic E-state index is 11.6. The van der Waals surface area contributed by atoms with E-state index in [1.54, 1.807) is 25.8 Å². The Hall–Kier alpha value is -1.63. The number of aliphatic carboxylic acids is 1. The van der Waals surface area contributed by atoms with Gasteiger partial charge in [0.25, 0.3) is 0 Å². The number of carbonyl (C=O) groups is 3. The minimum atomic E-state index is -0.858. The SMILES string of the molecule is CCNC(=O)NC(=O)C(C)N(C)CCCC(=O)O. The third-order valence-corrected chi connectivity index (χ3v) is 2.52. The number of carbonyl (C=O) groups excluding carboxylic acids is 2. The number of imide groups is 1. The number of rotatable bonds is 7. The number of amides is 3. The molecule has 18 heavy (non-hydrogen) atoms. The van der Waals surface area contributed by atoms with Crippen LogP contribution in [0.15, 0.2) is 0 Å². The second-order valence-electron chi connectivity index (χ2n) is 4.00. The summed E-state index contributed by atoms with van der Waals surface area (Å²) in [5.41, 5.74) is 0. The Balaban J connectivity index is 4.03. The summed E-state index contributed by atoms with van der Waals surface area (Å²) in [7, 11) is 1.71. The fraction of sp³-hybridized carbons (Fsp3) is 0.727. The Morgan fingerprint density at radius 3 is 2.44 bits per heavy atom. The van der Waals surface area contributed by atoms with Crippen LogP contribution in [0.1, 0.15) is 26.7 Å². The average Bonchev–Trinajstić information content (AvgIpc) is 2.27. The summed E-state index contributed by atoms with van der Waals surface area (Å²) in [6.07, 6.45) is 0.527. The van der Waals surface area contributed by atoms with E-state index in [0.29, 0.717) is 19.5 Å². The Morgan fingerprint density at radius 2 is 1.94 bits per heavy atom. The fourth-order valence-electron chi connectivity index (χ4n) is 1.29. The van der Waals surface area contributed by atoms with Gasteiger partial charge in [0.15, 0.2) is 0 Å². The lowest BCUT2D eigenvalue weighted by Crippen LogP contribution is -2.48. The van der Waals surface area contributed by atoms with Gasteiger partial charge < -0.3 is 10.4 Å². The zero-order valence-corrected chi connectivity index (χ0v) is 11.0. The molecule has 0 aliphatic rings. The highest BCUT2D eigenvalue weighted by Gasteiger charge is 2.19. The van der Waals surface area contributed by atoms with Crippen molar-refractivity contribution in [2.75, 3.05) is 20.1 Å². The zero-order chi connectivity index (χ0) is 14.1. The Labute approximate surface area is 107 Å². The lowest BCUT2D eigenvalue weighted by Gasteiger charge is -2.23. The largest absolute Gasteiger partial charge is 0.481 e. The van der Waals surface area contributed by atoms with Gasteiger partial charge in [-0.1, -0.05) is 0 Å². The number of hydrogen-bond donors (Lipinski definition) is 3. The van der Waals surface area contributed by atoms with E-state index in [2.05, 4.69) is 10.6 Å². The van der Waals surface area contributed by atoms with Crippen molar-refractivity contribution in [3.8, 4) is 0 Å². The first-order valence-corrected chi connectivity index (χ1v) is 5.89. The molecular weight excluding hydrogens is 238 g/mol. The monoisotopic (exact) mass is 259 g/mol. The lowest BCUT2D eigenvalue weighted by atomic mass is 10.2. The summed E-state index contributed by atoms with van der Waals surface area (Å²) in [5.74, 6) is -1.26. The van der Waals surface area contributed by atoms with E-state index in [9.17, 15) is 14.4 Å². The molecule has 0 saturated carbocycles. The van der Waals surface area contributed by atoms with Crippen LogP contribution < -0.4 is 10.6 Å². The number of nitrogens with one attached hydrogen (secondary N) is 2. The van der Waals surface area contributed by atoms with Crippen LogP contribution in [0.2, 0.25) is 0 Å². The maximum atomic E-state index is 11.6. The summed E-state index contributed by atoms with van der Waals surface area (Å²) in [6.45, 7) is 4.35. The minimum absolute atomic E-state index is 0.0645. The molecule has 3 N–H and O–H groups in total. The molecule has 0 saturated heterocycles. The second-order valence-corrected chi connectivity index (χ2v) is 4.00. The predicted octanol–water partition coefficient (Wildman–Crippen LogP) is 0.0172. The van der Waals surface area contributed by atoms with Gasteiger partial charge in [0.05, 0.1) is 6.04 Å². The molecule has 7 heteroatoms. The molecule has 0 spiro atoms. The van der Waals surface area contributed by atoms with E-state index < -0.39 is 23.9 Å². The average molecular weight is 259 g/mol. The predicted molar refractivity (Wildman–Crippen MR) is 66.2 cm³/mol. The minimum Gasteiger partial charge on any atom is -0.481 e. The topological polar surface area (TPSA) is 98.7 Å². The van der Waals surface area contributed by atoms with E-state index >= 15 is 0 Å². The number of likely N-dealkylation sites (N-methyl/N-ethyl adjacent to an activating group) is 1. The van der Waals surface area contributed by atoms with Gasteiger partial charge in [-0.2, -0.15) is 0 Å². The summed E-state index contributed by atoms with van der Waals surface area (Å²) in [6, 6.07) is -1.00. The fourth-order valence-corrected chi connectivity index (χ4v) is 1.29. The first-order valence-electron chi connectivity index (χ1n) is 5.89. The molecule has 3 amide bonds. The van der Waals surface area contributed by atoms with Crippen molar-refractivity contribution in [3.05, 3.63) is 0 Å². The van der Waals surface area contributed by atoms with Crippen molar-refractivity contribution < 1.29 is 19.5 Å². The van der Waals surface area contributed by atoms with Crippen LogP contribution in [0.3, 0.4) is 0 Å². The zero-order valence-electron chi connectivity index (χ0n) is 11.0. The first kappa shape index (κ1) is 16.4. The molecule has 0 heterocycles. The Morgan fingerprint density at radius 1 is 1.33 bits per heavy atom. The number of carboxylic acid groups (broad SMARTS) is 1. The Bertz CT molecular complexity index is 307. The molecule has 7 nitrogen and oxygen atoms in total. The number of hydrogen-bond acceptors (Lipinski definition) is 4. The molecule has 0 aliphatic carbocycles. The van der Waals surface area contributed by atoms with Crippen molar-refractivity contribution in [2.45, 2.75) is 32.7 Å². The van der Waals surface area contributed by atoms with Gasteiger partial charge in [0.1, 0.15) is 0 Å². The molecule has 0 bridgehead atoms. The summed E-state index contributed by atoms with van der Waals surface area (Å²) >= 11 is 0. The van der Waals surface area contributed by atoms with Crippen LogP contribution in [-0.4, -0.2) is 54.1 Å². The van der Waals surface area contributed by atoms with Crippen LogP contribution in [0.4, 0.5) is 4.79 Å². The number of carboxylic acids is 1. The third kappa shape index (κ3) is 6.85. The molecule has 1 unspecified atom stereocenters. The van der Waals surface area contributed by atoms with Gasteiger partial charge >= 0.3 is 12.0 Å². The molecule has 104 valence electrons. The summed E-state index contributed by atoms with van der Waals surface area (Å²) < 4.78 is 0. The van der Waals surface area contributed by atoms with Gasteiger partial charge in [0, 0.05) is 13.0 Å². The molecule has 0 aromatic carbocycles. The molecule has 0 fully saturated rings. The third-order valence-electron chi connectivity index (χ3n) is 2.52. The Kier molecular flexibility index (Phi) is 7.69. The van der Waals surface area contributed by atoms with E-state index in [-0.39, 0.29) is 6.42 Å². The van der Waals surface area contributed by atoms with Gasteiger partial charge in [-0.05, 0) is 33.9 Å². The van der Waals surface area contributed by atoms with Crippen LogP contribution in [0.25, 0.3) is 0 Å². The molecule has 0 radical (unpaired) electrons. The normalized spacial score (nSPS) is 12.0. The van der Waals surface area contributed by atoms with E-state index in [4.69, 9.17) is 5.11 Å². The highest BCUT2D eigenvalue weighted by molar-refractivity contribution is 5.96. The van der Waals surface area contributed by atoms with E-state index in [1.165, 1.54) is 0 Å². The molecule has 1 atom stereocenters. The van der Waals surface area contributed by atoms with Crippen molar-refractivity contribution in [3.63, 3.8) is 0 Å². The quantitative estimate of drug-likeness (QED) is 0.598. The van der Waals surface area contributed by atoms with Gasteiger partial charge in [-0.15, -0.1) is 0 Å². The highest BCUT2D eigenvalue weighted by atomic mass is 16.4. The van der Waals surface area contributed by atoms with Gasteiger partial charge in [-0.25, -0.2) is 4.79 Å². The van der Waals surface area contributed by atoms with Gasteiger partial charge in [0.2, 0.25) is 5.91 Å². The van der Waals surface area contributed by atoms with E-state index in [1.807, 2.05) is 0 Å². The lowest BCUT2D eigenvalue weighted by molar-refractivity contribution is -0.137. The van der Waals surface area contributed by atoms with Crippen molar-refractivity contribution in [1.29, 1.82) is 0 Å². The van der Waals surface area contributed by atoms with Crippen LogP contribution in [0.5, 0.6) is 0 Å². The van der Waals surface area contributed by atoms with Crippen LogP contribution in [-0.2, 0) is 9.59 Å².